The van der Waals surface area contributed by atoms with Gasteiger partial charge in [0, 0.05) is 37.5 Å². The molecule has 1 aliphatic rings. The molecule has 0 saturated carbocycles. The highest BCUT2D eigenvalue weighted by molar-refractivity contribution is 6.30. The molecular weight excluding hydrogens is 260 g/mol. The molecule has 3 nitrogen and oxygen atoms in total. The topological polar surface area (TPSA) is 24.5 Å². The molecule has 1 aromatic rings. The van der Waals surface area contributed by atoms with E-state index in [1.165, 1.54) is 19.4 Å². The van der Waals surface area contributed by atoms with E-state index in [1.807, 2.05) is 18.2 Å². The molecule has 0 spiro atoms. The Morgan fingerprint density at radius 2 is 2.37 bits per heavy atom. The van der Waals surface area contributed by atoms with Crippen LogP contribution in [0, 0.1) is 5.92 Å². The molecule has 106 valence electrons. The molecule has 2 rings (SSSR count). The average Bonchev–Trinajstić information content (AvgIpc) is 2.40. The Morgan fingerprint density at radius 1 is 1.47 bits per heavy atom. The fraction of sp³-hybridized carbons (Fsp3) is 0.600. The van der Waals surface area contributed by atoms with Gasteiger partial charge < -0.3 is 15.0 Å². The number of rotatable bonds is 6. The van der Waals surface area contributed by atoms with Crippen LogP contribution < -0.4 is 5.32 Å². The minimum Gasteiger partial charge on any atom is -0.384 e. The zero-order chi connectivity index (χ0) is 13.5. The first-order chi connectivity index (χ1) is 9.28. The Hall–Kier alpha value is -0.770. The summed E-state index contributed by atoms with van der Waals surface area (Å²) in [6.45, 7) is 5.29. The second kappa shape index (κ2) is 7.73. The zero-order valence-electron chi connectivity index (χ0n) is 11.6. The lowest BCUT2D eigenvalue weighted by Crippen LogP contribution is -2.39. The molecule has 1 fully saturated rings. The maximum Gasteiger partial charge on any atom is 0.0502 e. The number of nitrogens with zero attached hydrogens (tertiary/aromatic N) is 1. The van der Waals surface area contributed by atoms with Crippen molar-refractivity contribution in [3.05, 3.63) is 29.3 Å². The lowest BCUT2D eigenvalue weighted by molar-refractivity contribution is 0.0926. The van der Waals surface area contributed by atoms with Gasteiger partial charge in [-0.25, -0.2) is 0 Å². The van der Waals surface area contributed by atoms with E-state index >= 15 is 0 Å². The highest BCUT2D eigenvalue weighted by Gasteiger charge is 2.18. The Labute approximate surface area is 120 Å². The maximum atomic E-state index is 5.96. The summed E-state index contributed by atoms with van der Waals surface area (Å²) >= 11 is 5.96. The van der Waals surface area contributed by atoms with Crippen molar-refractivity contribution in [3.63, 3.8) is 0 Å². The van der Waals surface area contributed by atoms with Crippen LogP contribution in [0.5, 0.6) is 0 Å². The van der Waals surface area contributed by atoms with Gasteiger partial charge in [-0.1, -0.05) is 17.7 Å². The number of anilines is 1. The number of benzene rings is 1. The number of halogens is 1. The molecule has 0 aliphatic carbocycles. The molecule has 19 heavy (non-hydrogen) atoms. The van der Waals surface area contributed by atoms with Crippen molar-refractivity contribution in [1.29, 1.82) is 0 Å². The molecule has 1 saturated heterocycles. The van der Waals surface area contributed by atoms with E-state index < -0.39 is 0 Å². The van der Waals surface area contributed by atoms with Gasteiger partial charge in [-0.2, -0.15) is 0 Å². The monoisotopic (exact) mass is 282 g/mol. The Kier molecular flexibility index (Phi) is 5.95. The third kappa shape index (κ3) is 5.01. The van der Waals surface area contributed by atoms with Crippen molar-refractivity contribution in [2.24, 2.45) is 5.92 Å². The molecule has 4 heteroatoms. The number of ether oxygens (including phenoxy) is 1. The second-order valence-electron chi connectivity index (χ2n) is 5.20. The predicted molar refractivity (Wildman–Crippen MR) is 81.0 cm³/mol. The summed E-state index contributed by atoms with van der Waals surface area (Å²) in [7, 11) is 1.79. The first kappa shape index (κ1) is 14.6. The van der Waals surface area contributed by atoms with E-state index in [0.717, 1.165) is 37.0 Å². The third-order valence-corrected chi connectivity index (χ3v) is 3.82. The maximum absolute atomic E-state index is 5.96. The fourth-order valence-electron chi connectivity index (χ4n) is 2.68. The molecular formula is C15H23ClN2O. The number of nitrogens with one attached hydrogen (secondary N) is 1. The average molecular weight is 283 g/mol. The van der Waals surface area contributed by atoms with E-state index in [9.17, 15) is 0 Å². The molecule has 0 radical (unpaired) electrons. The van der Waals surface area contributed by atoms with Gasteiger partial charge in [0.05, 0.1) is 6.61 Å². The number of methoxy groups -OCH3 is 1. The van der Waals surface area contributed by atoms with Crippen LogP contribution in [-0.4, -0.2) is 44.8 Å². The van der Waals surface area contributed by atoms with E-state index in [2.05, 4.69) is 16.3 Å². The van der Waals surface area contributed by atoms with Crippen LogP contribution in [0.15, 0.2) is 24.3 Å². The van der Waals surface area contributed by atoms with Crippen molar-refractivity contribution in [1.82, 2.24) is 4.90 Å². The first-order valence-corrected chi connectivity index (χ1v) is 7.36. The van der Waals surface area contributed by atoms with Crippen LogP contribution in [0.1, 0.15) is 12.8 Å². The summed E-state index contributed by atoms with van der Waals surface area (Å²) in [6, 6.07) is 7.88. The summed E-state index contributed by atoms with van der Waals surface area (Å²) in [4.78, 5) is 2.52. The highest BCUT2D eigenvalue weighted by Crippen LogP contribution is 2.17. The second-order valence-corrected chi connectivity index (χ2v) is 5.64. The van der Waals surface area contributed by atoms with E-state index in [1.54, 1.807) is 7.11 Å². The van der Waals surface area contributed by atoms with Crippen LogP contribution in [0.25, 0.3) is 0 Å². The van der Waals surface area contributed by atoms with Crippen LogP contribution >= 0.6 is 11.6 Å². The standard InChI is InChI=1S/C15H23ClN2O/c1-19-12-13-4-3-8-18(11-13)9-7-17-15-6-2-5-14(16)10-15/h2,5-6,10,13,17H,3-4,7-9,11-12H2,1H3. The van der Waals surface area contributed by atoms with Gasteiger partial charge in [0.1, 0.15) is 0 Å². The molecule has 1 heterocycles. The molecule has 1 N–H and O–H groups in total. The Morgan fingerprint density at radius 3 is 3.16 bits per heavy atom. The SMILES string of the molecule is COCC1CCCN(CCNc2cccc(Cl)c2)C1. The largest absolute Gasteiger partial charge is 0.384 e. The summed E-state index contributed by atoms with van der Waals surface area (Å²) in [5.74, 6) is 0.699. The zero-order valence-corrected chi connectivity index (χ0v) is 12.3. The quantitative estimate of drug-likeness (QED) is 0.868. The van der Waals surface area contributed by atoms with Crippen LogP contribution in [0.4, 0.5) is 5.69 Å². The predicted octanol–water partition coefficient (Wildman–Crippen LogP) is 3.11. The van der Waals surface area contributed by atoms with E-state index in [-0.39, 0.29) is 0 Å². The summed E-state index contributed by atoms with van der Waals surface area (Å²) in [5, 5.41) is 4.20. The number of likely N-dealkylation sites (tertiary alicyclic amines) is 1. The number of hydrogen-bond donors (Lipinski definition) is 1. The lowest BCUT2D eigenvalue weighted by atomic mass is 9.99. The normalized spacial score (nSPS) is 20.4. The van der Waals surface area contributed by atoms with Crippen molar-refractivity contribution < 1.29 is 4.74 Å². The van der Waals surface area contributed by atoms with Crippen molar-refractivity contribution >= 4 is 17.3 Å². The van der Waals surface area contributed by atoms with Gasteiger partial charge in [0.2, 0.25) is 0 Å². The van der Waals surface area contributed by atoms with Gasteiger partial charge >= 0.3 is 0 Å². The molecule has 1 atom stereocenters. The molecule has 1 unspecified atom stereocenters. The van der Waals surface area contributed by atoms with Crippen LogP contribution in [0.3, 0.4) is 0 Å². The van der Waals surface area contributed by atoms with E-state index in [4.69, 9.17) is 16.3 Å². The molecule has 1 aromatic carbocycles. The molecule has 1 aliphatic heterocycles. The highest BCUT2D eigenvalue weighted by atomic mass is 35.5. The fourth-order valence-corrected chi connectivity index (χ4v) is 2.87. The lowest BCUT2D eigenvalue weighted by Gasteiger charge is -2.32. The summed E-state index contributed by atoms with van der Waals surface area (Å²) < 4.78 is 5.26. The molecule has 0 aromatic heterocycles. The van der Waals surface area contributed by atoms with Gasteiger partial charge in [0.25, 0.3) is 0 Å². The minimum atomic E-state index is 0.699. The van der Waals surface area contributed by atoms with Gasteiger partial charge in [0.15, 0.2) is 0 Å². The minimum absolute atomic E-state index is 0.699. The Bertz CT molecular complexity index is 384. The molecule has 0 amide bonds. The van der Waals surface area contributed by atoms with Crippen LogP contribution in [-0.2, 0) is 4.74 Å². The van der Waals surface area contributed by atoms with Gasteiger partial charge in [-0.3, -0.25) is 0 Å². The smallest absolute Gasteiger partial charge is 0.0502 e. The van der Waals surface area contributed by atoms with E-state index in [0.29, 0.717) is 5.92 Å². The van der Waals surface area contributed by atoms with Gasteiger partial charge in [-0.15, -0.1) is 0 Å². The van der Waals surface area contributed by atoms with Crippen molar-refractivity contribution in [3.8, 4) is 0 Å². The summed E-state index contributed by atoms with van der Waals surface area (Å²) in [5.41, 5.74) is 1.10. The Balaban J connectivity index is 1.70. The molecule has 0 bridgehead atoms. The first-order valence-electron chi connectivity index (χ1n) is 6.98. The summed E-state index contributed by atoms with van der Waals surface area (Å²) in [6.07, 6.45) is 2.58. The third-order valence-electron chi connectivity index (χ3n) is 3.59. The van der Waals surface area contributed by atoms with Crippen LogP contribution in [0.2, 0.25) is 5.02 Å². The van der Waals surface area contributed by atoms with Crippen molar-refractivity contribution in [2.75, 3.05) is 45.2 Å². The van der Waals surface area contributed by atoms with Crippen molar-refractivity contribution in [2.45, 2.75) is 12.8 Å². The van der Waals surface area contributed by atoms with Gasteiger partial charge in [-0.05, 0) is 43.5 Å². The number of hydrogen-bond acceptors (Lipinski definition) is 3. The number of piperidine rings is 1.